The Morgan fingerprint density at radius 1 is 0.830 bits per heavy atom. The van der Waals surface area contributed by atoms with Gasteiger partial charge in [-0.25, -0.2) is 0 Å². The van der Waals surface area contributed by atoms with Crippen molar-refractivity contribution in [3.8, 4) is 0 Å². The van der Waals surface area contributed by atoms with Crippen LogP contribution in [0.25, 0.3) is 32.0 Å². The number of amides is 1. The van der Waals surface area contributed by atoms with Crippen molar-refractivity contribution in [1.29, 1.82) is 0 Å². The van der Waals surface area contributed by atoms with Crippen molar-refractivity contribution in [3.63, 3.8) is 0 Å². The highest BCUT2D eigenvalue weighted by Gasteiger charge is 2.45. The highest BCUT2D eigenvalue weighted by molar-refractivity contribution is 6.07. The van der Waals surface area contributed by atoms with Gasteiger partial charge in [-0.2, -0.15) is 4.58 Å². The lowest BCUT2D eigenvalue weighted by molar-refractivity contribution is -0.438. The van der Waals surface area contributed by atoms with Crippen molar-refractivity contribution in [1.82, 2.24) is 5.32 Å². The normalized spacial score (nSPS) is 16.6. The van der Waals surface area contributed by atoms with Crippen LogP contribution in [0.15, 0.2) is 114 Å². The van der Waals surface area contributed by atoms with Crippen molar-refractivity contribution in [2.24, 2.45) is 5.11 Å². The third kappa shape index (κ3) is 7.82. The third-order valence-corrected chi connectivity index (χ3v) is 11.1. The van der Waals surface area contributed by atoms with Crippen LogP contribution in [0.4, 0.5) is 11.4 Å². The molecular formula is C46H55N6O+. The molecular weight excluding hydrogens is 653 g/mol. The molecule has 2 heterocycles. The summed E-state index contributed by atoms with van der Waals surface area (Å²) in [7, 11) is 0. The number of anilines is 1. The van der Waals surface area contributed by atoms with Crippen LogP contribution < -0.4 is 10.2 Å². The minimum absolute atomic E-state index is 0.0636. The molecule has 2 aliphatic heterocycles. The van der Waals surface area contributed by atoms with Crippen molar-refractivity contribution in [2.75, 3.05) is 31.1 Å². The van der Waals surface area contributed by atoms with E-state index in [2.05, 4.69) is 163 Å². The first-order chi connectivity index (χ1) is 25.7. The number of nitrogens with zero attached hydrogens (tertiary/aromatic N) is 5. The summed E-state index contributed by atoms with van der Waals surface area (Å²) >= 11 is 0. The van der Waals surface area contributed by atoms with Crippen LogP contribution in [0.2, 0.25) is 0 Å². The zero-order valence-electron chi connectivity index (χ0n) is 32.2. The second-order valence-corrected chi connectivity index (χ2v) is 15.4. The highest BCUT2D eigenvalue weighted by atomic mass is 16.1. The van der Waals surface area contributed by atoms with Crippen LogP contribution in [-0.4, -0.2) is 42.4 Å². The van der Waals surface area contributed by atoms with Crippen molar-refractivity contribution in [2.45, 2.75) is 90.4 Å². The van der Waals surface area contributed by atoms with Gasteiger partial charge in [0.05, 0.1) is 5.41 Å². The highest BCUT2D eigenvalue weighted by Crippen LogP contribution is 2.51. The fraction of sp³-hybridized carbons (Fsp3) is 0.391. The smallest absolute Gasteiger partial charge is 0.219 e. The van der Waals surface area contributed by atoms with Crippen LogP contribution in [0, 0.1) is 0 Å². The second-order valence-electron chi connectivity index (χ2n) is 15.4. The molecule has 7 heteroatoms. The standard InChI is InChI=1S/C46H54N6O/c1-6-7-32-51-38-28-26-34-19-13-15-21-36(34)43(38)45(2,3)40(51)23-10-8-11-24-41-46(4,5)44-37-22-16-14-20-35(37)27-29-39(44)52(41)33-17-9-12-25-42(53)48-30-18-31-49-50-47/h8,10-11,13-16,19-24,26-29H,6-7,9,12,17-18,25,30-33H2,1-5H3/p+1. The third-order valence-electron chi connectivity index (χ3n) is 11.1. The molecule has 0 unspecified atom stereocenters. The van der Waals surface area contributed by atoms with Crippen molar-refractivity contribution in [3.05, 3.63) is 130 Å². The summed E-state index contributed by atoms with van der Waals surface area (Å²) in [6.45, 7) is 14.6. The van der Waals surface area contributed by atoms with E-state index in [-0.39, 0.29) is 16.7 Å². The lowest BCUT2D eigenvalue weighted by Crippen LogP contribution is -2.28. The van der Waals surface area contributed by atoms with E-state index in [4.69, 9.17) is 5.53 Å². The molecule has 0 spiro atoms. The predicted octanol–water partition coefficient (Wildman–Crippen LogP) is 11.3. The number of unbranched alkanes of at least 4 members (excludes halogenated alkanes) is 3. The Hall–Kier alpha value is -5.13. The fourth-order valence-electron chi connectivity index (χ4n) is 8.47. The van der Waals surface area contributed by atoms with E-state index in [9.17, 15) is 4.79 Å². The van der Waals surface area contributed by atoms with Crippen LogP contribution >= 0.6 is 0 Å². The summed E-state index contributed by atoms with van der Waals surface area (Å²) in [5.74, 6) is 0.0636. The first kappa shape index (κ1) is 37.6. The molecule has 0 bridgehead atoms. The van der Waals surface area contributed by atoms with Gasteiger partial charge in [-0.05, 0) is 90.4 Å². The van der Waals surface area contributed by atoms with Gasteiger partial charge in [0.2, 0.25) is 11.6 Å². The molecule has 0 fully saturated rings. The van der Waals surface area contributed by atoms with Gasteiger partial charge in [-0.15, -0.1) is 0 Å². The fourth-order valence-corrected chi connectivity index (χ4v) is 8.47. The number of fused-ring (bicyclic) bond motifs is 6. The molecule has 4 aromatic rings. The molecule has 0 aliphatic carbocycles. The number of allylic oxidation sites excluding steroid dienone is 6. The van der Waals surface area contributed by atoms with E-state index < -0.39 is 0 Å². The Kier molecular flexibility index (Phi) is 11.8. The molecule has 0 atom stereocenters. The first-order valence-corrected chi connectivity index (χ1v) is 19.5. The van der Waals surface area contributed by atoms with Gasteiger partial charge in [0.15, 0.2) is 5.71 Å². The zero-order valence-corrected chi connectivity index (χ0v) is 32.2. The van der Waals surface area contributed by atoms with E-state index in [0.29, 0.717) is 25.9 Å². The monoisotopic (exact) mass is 707 g/mol. The number of carbonyl (C=O) groups is 1. The second kappa shape index (κ2) is 16.7. The number of rotatable bonds is 16. The van der Waals surface area contributed by atoms with Crippen LogP contribution in [0.1, 0.15) is 90.7 Å². The molecule has 1 N–H and O–H groups in total. The summed E-state index contributed by atoms with van der Waals surface area (Å²) < 4.78 is 2.51. The van der Waals surface area contributed by atoms with Gasteiger partial charge in [0.1, 0.15) is 6.54 Å². The van der Waals surface area contributed by atoms with Gasteiger partial charge in [0, 0.05) is 71.9 Å². The molecule has 7 nitrogen and oxygen atoms in total. The zero-order chi connectivity index (χ0) is 37.4. The molecule has 274 valence electrons. The maximum absolute atomic E-state index is 12.3. The van der Waals surface area contributed by atoms with E-state index in [1.165, 1.54) is 55.5 Å². The predicted molar refractivity (Wildman–Crippen MR) is 222 cm³/mol. The molecule has 4 aromatic carbocycles. The van der Waals surface area contributed by atoms with E-state index in [1.807, 2.05) is 0 Å². The number of nitrogens with one attached hydrogen (secondary N) is 1. The molecule has 0 saturated heterocycles. The van der Waals surface area contributed by atoms with E-state index in [0.717, 1.165) is 45.2 Å². The first-order valence-electron chi connectivity index (χ1n) is 19.5. The molecule has 1 amide bonds. The number of benzene rings is 4. The van der Waals surface area contributed by atoms with Crippen LogP contribution in [0.3, 0.4) is 0 Å². The average Bonchev–Trinajstić information content (AvgIpc) is 3.51. The minimum atomic E-state index is -0.179. The number of carbonyl (C=O) groups excluding carboxylic acids is 1. The Balaban J connectivity index is 1.22. The van der Waals surface area contributed by atoms with E-state index >= 15 is 0 Å². The summed E-state index contributed by atoms with van der Waals surface area (Å²) in [6, 6.07) is 26.6. The lowest BCUT2D eigenvalue weighted by Gasteiger charge is -2.27. The molecule has 0 aromatic heterocycles. The Morgan fingerprint density at radius 2 is 1.55 bits per heavy atom. The maximum atomic E-state index is 12.3. The van der Waals surface area contributed by atoms with Crippen LogP contribution in [0.5, 0.6) is 0 Å². The van der Waals surface area contributed by atoms with Gasteiger partial charge in [0.25, 0.3) is 0 Å². The van der Waals surface area contributed by atoms with Crippen LogP contribution in [-0.2, 0) is 15.6 Å². The van der Waals surface area contributed by atoms with Gasteiger partial charge in [-0.1, -0.05) is 105 Å². The lowest BCUT2D eigenvalue weighted by atomic mass is 9.79. The Bertz CT molecular complexity index is 2150. The topological polar surface area (TPSA) is 84.1 Å². The number of hydrogen-bond donors (Lipinski definition) is 1. The minimum Gasteiger partial charge on any atom is -0.356 e. The Morgan fingerprint density at radius 3 is 2.28 bits per heavy atom. The SMILES string of the molecule is CCCCN1/C(=C/C=C/C=C/C2=[N+](CCCCCC(=O)NCCCN=[N+]=[N-])c3ccc4ccccc4c3C2(C)C)C(C)(C)c2c1ccc1ccccc21. The summed E-state index contributed by atoms with van der Waals surface area (Å²) in [4.78, 5) is 17.6. The summed E-state index contributed by atoms with van der Waals surface area (Å²) in [6.07, 6.45) is 17.5. The Labute approximate surface area is 315 Å². The maximum Gasteiger partial charge on any atom is 0.219 e. The number of hydrogen-bond acceptors (Lipinski definition) is 3. The van der Waals surface area contributed by atoms with E-state index in [1.54, 1.807) is 0 Å². The summed E-state index contributed by atoms with van der Waals surface area (Å²) in [5.41, 5.74) is 16.2. The largest absolute Gasteiger partial charge is 0.356 e. The van der Waals surface area contributed by atoms with Crippen molar-refractivity contribution < 1.29 is 9.37 Å². The van der Waals surface area contributed by atoms with Gasteiger partial charge in [-0.3, -0.25) is 4.79 Å². The molecule has 0 radical (unpaired) electrons. The molecule has 6 rings (SSSR count). The summed E-state index contributed by atoms with van der Waals surface area (Å²) in [5, 5.41) is 11.7. The average molecular weight is 708 g/mol. The molecule has 2 aliphatic rings. The molecule has 53 heavy (non-hydrogen) atoms. The number of azide groups is 1. The van der Waals surface area contributed by atoms with Gasteiger partial charge < -0.3 is 10.2 Å². The van der Waals surface area contributed by atoms with Gasteiger partial charge >= 0.3 is 0 Å². The quantitative estimate of drug-likeness (QED) is 0.0314. The van der Waals surface area contributed by atoms with Crippen molar-refractivity contribution >= 4 is 44.5 Å². The molecule has 0 saturated carbocycles.